The summed E-state index contributed by atoms with van der Waals surface area (Å²) in [5, 5.41) is 6.77. The lowest BCUT2D eigenvalue weighted by Gasteiger charge is -2.26. The summed E-state index contributed by atoms with van der Waals surface area (Å²) in [4.78, 5) is 7.11. The molecule has 0 aliphatic carbocycles. The number of aromatic nitrogens is 1. The van der Waals surface area contributed by atoms with Crippen molar-refractivity contribution < 1.29 is 8.83 Å². The summed E-state index contributed by atoms with van der Waals surface area (Å²) in [6.07, 6.45) is 0. The Bertz CT molecular complexity index is 2370. The first-order valence-corrected chi connectivity index (χ1v) is 14.4. The number of para-hydroxylation sites is 3. The lowest BCUT2D eigenvalue weighted by Crippen LogP contribution is -2.10. The van der Waals surface area contributed by atoms with Gasteiger partial charge in [-0.05, 0) is 76.1 Å². The molecule has 0 spiro atoms. The topological polar surface area (TPSA) is 42.4 Å². The van der Waals surface area contributed by atoms with Gasteiger partial charge in [0, 0.05) is 27.7 Å². The van der Waals surface area contributed by atoms with Crippen LogP contribution in [0.5, 0.6) is 0 Å². The number of hydrogen-bond donors (Lipinski definition) is 0. The van der Waals surface area contributed by atoms with E-state index in [9.17, 15) is 0 Å². The van der Waals surface area contributed by atoms with Crippen LogP contribution in [0.3, 0.4) is 0 Å². The molecule has 9 rings (SSSR count). The smallest absolute Gasteiger partial charge is 0.228 e. The van der Waals surface area contributed by atoms with E-state index in [-0.39, 0.29) is 0 Å². The van der Waals surface area contributed by atoms with Crippen LogP contribution in [0, 0.1) is 0 Å². The number of hydrogen-bond acceptors (Lipinski definition) is 4. The van der Waals surface area contributed by atoms with Crippen molar-refractivity contribution in [2.75, 3.05) is 4.90 Å². The van der Waals surface area contributed by atoms with E-state index in [1.165, 1.54) is 21.5 Å². The summed E-state index contributed by atoms with van der Waals surface area (Å²) in [7, 11) is 0. The van der Waals surface area contributed by atoms with Gasteiger partial charge < -0.3 is 13.7 Å². The van der Waals surface area contributed by atoms with Crippen LogP contribution in [0.25, 0.3) is 66.0 Å². The summed E-state index contributed by atoms with van der Waals surface area (Å²) in [5.74, 6) is 0.584. The molecule has 4 heteroatoms. The molecule has 202 valence electrons. The number of rotatable bonds is 4. The minimum atomic E-state index is 0.584. The van der Waals surface area contributed by atoms with Crippen molar-refractivity contribution in [3.05, 3.63) is 146 Å². The van der Waals surface area contributed by atoms with Crippen LogP contribution in [0.4, 0.5) is 17.1 Å². The summed E-state index contributed by atoms with van der Waals surface area (Å²) in [6, 6.07) is 50.4. The molecular weight excluding hydrogens is 528 g/mol. The highest BCUT2D eigenvalue weighted by Crippen LogP contribution is 2.45. The molecule has 43 heavy (non-hydrogen) atoms. The molecule has 0 aliphatic rings. The van der Waals surface area contributed by atoms with Gasteiger partial charge in [0.15, 0.2) is 11.2 Å². The number of furan rings is 1. The van der Waals surface area contributed by atoms with Crippen molar-refractivity contribution in [3.63, 3.8) is 0 Å². The molecule has 0 fully saturated rings. The third-order valence-corrected chi connectivity index (χ3v) is 8.25. The van der Waals surface area contributed by atoms with Crippen molar-refractivity contribution in [1.82, 2.24) is 4.98 Å². The first kappa shape index (κ1) is 23.8. The highest BCUT2D eigenvalue weighted by molar-refractivity contribution is 6.15. The zero-order chi connectivity index (χ0) is 28.3. The van der Waals surface area contributed by atoms with E-state index in [0.717, 1.165) is 55.7 Å². The predicted octanol–water partition coefficient (Wildman–Crippen LogP) is 11.2. The molecule has 7 aromatic carbocycles. The van der Waals surface area contributed by atoms with Crippen LogP contribution < -0.4 is 4.90 Å². The molecule has 9 aromatic rings. The fraction of sp³-hybridized carbons (Fsp3) is 0. The van der Waals surface area contributed by atoms with Gasteiger partial charge in [-0.25, -0.2) is 4.98 Å². The van der Waals surface area contributed by atoms with Gasteiger partial charge in [0.2, 0.25) is 5.89 Å². The van der Waals surface area contributed by atoms with Gasteiger partial charge in [0.25, 0.3) is 0 Å². The minimum absolute atomic E-state index is 0.584. The molecule has 0 aliphatic heterocycles. The first-order chi connectivity index (χ1) is 21.3. The molecule has 4 nitrogen and oxygen atoms in total. The van der Waals surface area contributed by atoms with Gasteiger partial charge in [0.1, 0.15) is 11.1 Å². The van der Waals surface area contributed by atoms with Crippen LogP contribution in [0.2, 0.25) is 0 Å². The van der Waals surface area contributed by atoms with Crippen molar-refractivity contribution in [2.24, 2.45) is 0 Å². The fourth-order valence-corrected chi connectivity index (χ4v) is 6.23. The molecule has 2 aromatic heterocycles. The van der Waals surface area contributed by atoms with E-state index in [1.54, 1.807) is 0 Å². The number of oxazole rings is 1. The third kappa shape index (κ3) is 3.81. The largest absolute Gasteiger partial charge is 0.454 e. The Morgan fingerprint density at radius 2 is 1.12 bits per heavy atom. The zero-order valence-corrected chi connectivity index (χ0v) is 23.1. The summed E-state index contributed by atoms with van der Waals surface area (Å²) in [5.41, 5.74) is 7.18. The quantitative estimate of drug-likeness (QED) is 0.218. The predicted molar refractivity (Wildman–Crippen MR) is 176 cm³/mol. The van der Waals surface area contributed by atoms with Gasteiger partial charge in [-0.1, -0.05) is 91.0 Å². The fourth-order valence-electron chi connectivity index (χ4n) is 6.23. The Kier molecular flexibility index (Phi) is 5.16. The van der Waals surface area contributed by atoms with E-state index in [4.69, 9.17) is 13.8 Å². The van der Waals surface area contributed by atoms with Crippen molar-refractivity contribution in [2.45, 2.75) is 0 Å². The highest BCUT2D eigenvalue weighted by Gasteiger charge is 2.22. The van der Waals surface area contributed by atoms with E-state index in [1.807, 2.05) is 36.4 Å². The van der Waals surface area contributed by atoms with Crippen LogP contribution in [-0.4, -0.2) is 4.98 Å². The Hall–Kier alpha value is -5.87. The summed E-state index contributed by atoms with van der Waals surface area (Å²) < 4.78 is 12.9. The van der Waals surface area contributed by atoms with Crippen LogP contribution >= 0.6 is 0 Å². The Labute approximate surface area is 247 Å². The number of benzene rings is 7. The van der Waals surface area contributed by atoms with Gasteiger partial charge in [-0.3, -0.25) is 0 Å². The molecule has 0 bridgehead atoms. The summed E-state index contributed by atoms with van der Waals surface area (Å²) in [6.45, 7) is 0. The molecule has 0 saturated heterocycles. The Morgan fingerprint density at radius 1 is 0.488 bits per heavy atom. The lowest BCUT2D eigenvalue weighted by molar-refractivity contribution is 0.620. The minimum Gasteiger partial charge on any atom is -0.454 e. The maximum atomic E-state index is 6.71. The summed E-state index contributed by atoms with van der Waals surface area (Å²) >= 11 is 0. The number of nitrogens with zero attached hydrogens (tertiary/aromatic N) is 2. The monoisotopic (exact) mass is 552 g/mol. The molecular formula is C39H24N2O2. The van der Waals surface area contributed by atoms with Crippen LogP contribution in [0.15, 0.2) is 154 Å². The van der Waals surface area contributed by atoms with Crippen LogP contribution in [0.1, 0.15) is 0 Å². The SMILES string of the molecule is c1ccc2cc(N(c3ccc4ccccc4c3)c3cccc4c3oc3cccc(-c5nc6ccccc6o5)c34)ccc2c1. The maximum Gasteiger partial charge on any atom is 0.228 e. The van der Waals surface area contributed by atoms with E-state index in [0.29, 0.717) is 5.89 Å². The molecule has 0 amide bonds. The second kappa shape index (κ2) is 9.33. The second-order valence-corrected chi connectivity index (χ2v) is 10.8. The maximum absolute atomic E-state index is 6.71. The molecule has 0 saturated carbocycles. The van der Waals surface area contributed by atoms with Gasteiger partial charge in [-0.15, -0.1) is 0 Å². The average molecular weight is 553 g/mol. The van der Waals surface area contributed by atoms with E-state index < -0.39 is 0 Å². The normalized spacial score (nSPS) is 11.7. The molecule has 0 N–H and O–H groups in total. The van der Waals surface area contributed by atoms with Crippen molar-refractivity contribution in [1.29, 1.82) is 0 Å². The lowest BCUT2D eigenvalue weighted by atomic mass is 10.0. The first-order valence-electron chi connectivity index (χ1n) is 14.4. The Morgan fingerprint density at radius 3 is 1.84 bits per heavy atom. The average Bonchev–Trinajstić information content (AvgIpc) is 3.67. The molecule has 0 unspecified atom stereocenters. The number of anilines is 3. The standard InChI is InChI=1S/C39H24N2O2/c1-3-11-27-23-29(21-19-25(27)9-1)41(30-22-20-26-10-2-4-12-28(26)24-30)34-16-7-13-31-37-32(14-8-18-36(37)42-38(31)34)39-40-33-15-5-6-17-35(33)43-39/h1-24H. The van der Waals surface area contributed by atoms with Gasteiger partial charge >= 0.3 is 0 Å². The Balaban J connectivity index is 1.31. The second-order valence-electron chi connectivity index (χ2n) is 10.8. The molecule has 0 radical (unpaired) electrons. The zero-order valence-electron chi connectivity index (χ0n) is 23.1. The highest BCUT2D eigenvalue weighted by atomic mass is 16.3. The van der Waals surface area contributed by atoms with Gasteiger partial charge in [-0.2, -0.15) is 0 Å². The number of fused-ring (bicyclic) bond motifs is 6. The molecule has 0 atom stereocenters. The third-order valence-electron chi connectivity index (χ3n) is 8.25. The van der Waals surface area contributed by atoms with Gasteiger partial charge in [0.05, 0.1) is 5.69 Å². The van der Waals surface area contributed by atoms with E-state index >= 15 is 0 Å². The van der Waals surface area contributed by atoms with Crippen LogP contribution in [-0.2, 0) is 0 Å². The van der Waals surface area contributed by atoms with Crippen molar-refractivity contribution >= 4 is 71.6 Å². The van der Waals surface area contributed by atoms with Crippen molar-refractivity contribution in [3.8, 4) is 11.5 Å². The van der Waals surface area contributed by atoms with E-state index in [2.05, 4.69) is 114 Å². The molecule has 2 heterocycles.